The van der Waals surface area contributed by atoms with Crippen LogP contribution in [0.2, 0.25) is 0 Å². The maximum Gasteiger partial charge on any atom is 0.344 e. The van der Waals surface area contributed by atoms with Crippen LogP contribution in [-0.2, 0) is 12.8 Å². The van der Waals surface area contributed by atoms with E-state index in [1.807, 2.05) is 18.2 Å². The van der Waals surface area contributed by atoms with Gasteiger partial charge >= 0.3 is 5.63 Å². The second kappa shape index (κ2) is 8.10. The molecule has 2 aromatic carbocycles. The summed E-state index contributed by atoms with van der Waals surface area (Å²) in [5.74, 6) is 0.279. The van der Waals surface area contributed by atoms with Gasteiger partial charge in [-0.3, -0.25) is 4.79 Å². The number of nitrogens with one attached hydrogen (secondary N) is 1. The molecule has 1 aliphatic carbocycles. The number of para-hydroxylation sites is 1. The summed E-state index contributed by atoms with van der Waals surface area (Å²) in [7, 11) is 0. The number of thiophene rings is 1. The van der Waals surface area contributed by atoms with E-state index in [4.69, 9.17) is 4.42 Å². The number of rotatable bonds is 3. The first-order valence-corrected chi connectivity index (χ1v) is 11.3. The molecule has 0 fully saturated rings. The largest absolute Gasteiger partial charge is 0.422 e. The molecule has 0 unspecified atom stereocenters. The van der Waals surface area contributed by atoms with Crippen molar-refractivity contribution >= 4 is 33.2 Å². The highest BCUT2D eigenvalue weighted by molar-refractivity contribution is 7.16. The number of hydrogen-bond acceptors (Lipinski definition) is 5. The van der Waals surface area contributed by atoms with Gasteiger partial charge in [-0.25, -0.2) is 4.79 Å². The standard InChI is InChI=1S/C26H20N2O3S/c1-15-9-10-19-21(14-27)25(32-23(19)11-15)28-24(29)18-7-4-6-16(12-18)20-13-17-5-2-3-8-22(17)31-26(20)30/h2-8,12-13,15H,9-11H2,1H3,(H,28,29)/t15-/m1/s1. The lowest BCUT2D eigenvalue weighted by molar-refractivity contribution is 0.102. The van der Waals surface area contributed by atoms with E-state index < -0.39 is 5.63 Å². The summed E-state index contributed by atoms with van der Waals surface area (Å²) >= 11 is 1.50. The molecule has 1 N–H and O–H groups in total. The quantitative estimate of drug-likeness (QED) is 0.410. The first-order valence-electron chi connectivity index (χ1n) is 10.5. The molecule has 1 aliphatic rings. The summed E-state index contributed by atoms with van der Waals surface area (Å²) in [5, 5.41) is 14.0. The SMILES string of the molecule is C[C@@H]1CCc2c(sc(NC(=O)c3cccc(-c4cc5ccccc5oc4=O)c3)c2C#N)C1. The lowest BCUT2D eigenvalue weighted by Crippen LogP contribution is -2.12. The van der Waals surface area contributed by atoms with Gasteiger partial charge in [-0.2, -0.15) is 5.26 Å². The van der Waals surface area contributed by atoms with Gasteiger partial charge in [-0.15, -0.1) is 11.3 Å². The highest BCUT2D eigenvalue weighted by Gasteiger charge is 2.25. The van der Waals surface area contributed by atoms with Gasteiger partial charge in [0.2, 0.25) is 0 Å². The van der Waals surface area contributed by atoms with Crippen molar-refractivity contribution in [1.29, 1.82) is 5.26 Å². The Kier molecular flexibility index (Phi) is 5.12. The summed E-state index contributed by atoms with van der Waals surface area (Å²) < 4.78 is 5.44. The Morgan fingerprint density at radius 2 is 2.03 bits per heavy atom. The molecule has 4 aromatic rings. The predicted molar refractivity (Wildman–Crippen MR) is 126 cm³/mol. The zero-order valence-electron chi connectivity index (χ0n) is 17.5. The van der Waals surface area contributed by atoms with Gasteiger partial charge in [-0.05, 0) is 60.6 Å². The van der Waals surface area contributed by atoms with Crippen molar-refractivity contribution < 1.29 is 9.21 Å². The Morgan fingerprint density at radius 3 is 2.88 bits per heavy atom. The van der Waals surface area contributed by atoms with Crippen molar-refractivity contribution in [3.63, 3.8) is 0 Å². The molecule has 0 radical (unpaired) electrons. The first kappa shape index (κ1) is 20.2. The van der Waals surface area contributed by atoms with Crippen LogP contribution in [0.1, 0.15) is 39.7 Å². The molecule has 6 heteroatoms. The minimum atomic E-state index is -0.451. The van der Waals surface area contributed by atoms with E-state index in [-0.39, 0.29) is 5.91 Å². The number of anilines is 1. The number of hydrogen-bond donors (Lipinski definition) is 1. The van der Waals surface area contributed by atoms with E-state index in [1.165, 1.54) is 16.2 Å². The number of nitriles is 1. The van der Waals surface area contributed by atoms with Crippen molar-refractivity contribution in [2.45, 2.75) is 26.2 Å². The minimum absolute atomic E-state index is 0.305. The van der Waals surface area contributed by atoms with E-state index in [9.17, 15) is 14.9 Å². The third kappa shape index (κ3) is 3.61. The molecule has 0 spiro atoms. The van der Waals surface area contributed by atoms with Crippen LogP contribution in [0, 0.1) is 17.2 Å². The molecular weight excluding hydrogens is 420 g/mol. The summed E-state index contributed by atoms with van der Waals surface area (Å²) in [5.41, 5.74) is 3.15. The number of amides is 1. The van der Waals surface area contributed by atoms with Gasteiger partial charge in [-0.1, -0.05) is 37.3 Å². The third-order valence-corrected chi connectivity index (χ3v) is 7.10. The van der Waals surface area contributed by atoms with Gasteiger partial charge in [0.25, 0.3) is 5.91 Å². The number of carbonyl (C=O) groups is 1. The molecule has 0 saturated heterocycles. The van der Waals surface area contributed by atoms with Crippen LogP contribution in [0.25, 0.3) is 22.1 Å². The van der Waals surface area contributed by atoms with Gasteiger partial charge in [0.15, 0.2) is 0 Å². The van der Waals surface area contributed by atoms with Crippen LogP contribution in [-0.4, -0.2) is 5.91 Å². The molecule has 0 saturated carbocycles. The number of carbonyl (C=O) groups excluding carboxylic acids is 1. The number of nitrogens with zero attached hydrogens (tertiary/aromatic N) is 1. The molecule has 1 atom stereocenters. The zero-order chi connectivity index (χ0) is 22.2. The molecule has 0 bridgehead atoms. The first-order chi connectivity index (χ1) is 15.5. The Hall–Kier alpha value is -3.69. The van der Waals surface area contributed by atoms with E-state index in [0.717, 1.165) is 30.2 Å². The molecule has 158 valence electrons. The van der Waals surface area contributed by atoms with E-state index >= 15 is 0 Å². The Balaban J connectivity index is 1.47. The maximum atomic E-state index is 13.0. The molecular formula is C26H20N2O3S. The normalized spacial score (nSPS) is 15.2. The van der Waals surface area contributed by atoms with Crippen LogP contribution in [0.15, 0.2) is 63.8 Å². The van der Waals surface area contributed by atoms with Gasteiger partial charge in [0.1, 0.15) is 16.7 Å². The fraction of sp³-hybridized carbons (Fsp3) is 0.192. The van der Waals surface area contributed by atoms with Crippen molar-refractivity contribution in [3.05, 3.63) is 86.6 Å². The summed E-state index contributed by atoms with van der Waals surface area (Å²) in [6.07, 6.45) is 2.87. The smallest absolute Gasteiger partial charge is 0.344 e. The van der Waals surface area contributed by atoms with E-state index in [0.29, 0.717) is 38.8 Å². The lowest BCUT2D eigenvalue weighted by Gasteiger charge is -2.17. The second-order valence-electron chi connectivity index (χ2n) is 8.19. The zero-order valence-corrected chi connectivity index (χ0v) is 18.3. The predicted octanol–water partition coefficient (Wildman–Crippen LogP) is 5.77. The monoisotopic (exact) mass is 440 g/mol. The topological polar surface area (TPSA) is 83.1 Å². The average molecular weight is 441 g/mol. The van der Waals surface area contributed by atoms with Gasteiger partial charge < -0.3 is 9.73 Å². The molecule has 2 heterocycles. The maximum absolute atomic E-state index is 13.0. The Morgan fingerprint density at radius 1 is 1.19 bits per heavy atom. The minimum Gasteiger partial charge on any atom is -0.422 e. The number of benzene rings is 2. The highest BCUT2D eigenvalue weighted by atomic mass is 32.1. The van der Waals surface area contributed by atoms with Crippen molar-refractivity contribution in [2.75, 3.05) is 5.32 Å². The number of fused-ring (bicyclic) bond motifs is 2. The Labute approximate surface area is 188 Å². The second-order valence-corrected chi connectivity index (χ2v) is 9.29. The molecule has 5 nitrogen and oxygen atoms in total. The summed E-state index contributed by atoms with van der Waals surface area (Å²) in [6, 6.07) is 18.3. The van der Waals surface area contributed by atoms with Gasteiger partial charge in [0.05, 0.1) is 11.1 Å². The van der Waals surface area contributed by atoms with Crippen molar-refractivity contribution in [1.82, 2.24) is 0 Å². The van der Waals surface area contributed by atoms with Crippen LogP contribution in [0.4, 0.5) is 5.00 Å². The fourth-order valence-electron chi connectivity index (χ4n) is 4.22. The molecule has 2 aromatic heterocycles. The summed E-state index contributed by atoms with van der Waals surface area (Å²) in [6.45, 7) is 2.21. The van der Waals surface area contributed by atoms with E-state index in [2.05, 4.69) is 18.3 Å². The van der Waals surface area contributed by atoms with Crippen LogP contribution in [0.5, 0.6) is 0 Å². The molecule has 32 heavy (non-hydrogen) atoms. The summed E-state index contributed by atoms with van der Waals surface area (Å²) in [4.78, 5) is 26.7. The van der Waals surface area contributed by atoms with Crippen LogP contribution < -0.4 is 10.9 Å². The fourth-order valence-corrected chi connectivity index (χ4v) is 5.58. The van der Waals surface area contributed by atoms with Crippen molar-refractivity contribution in [2.24, 2.45) is 5.92 Å². The molecule has 0 aliphatic heterocycles. The average Bonchev–Trinajstić information content (AvgIpc) is 3.14. The van der Waals surface area contributed by atoms with Gasteiger partial charge in [0, 0.05) is 15.8 Å². The highest BCUT2D eigenvalue weighted by Crippen LogP contribution is 2.39. The van der Waals surface area contributed by atoms with Crippen molar-refractivity contribution in [3.8, 4) is 17.2 Å². The Bertz CT molecular complexity index is 1460. The van der Waals surface area contributed by atoms with E-state index in [1.54, 1.807) is 36.4 Å². The van der Waals surface area contributed by atoms with Crippen LogP contribution in [0.3, 0.4) is 0 Å². The molecule has 1 amide bonds. The lowest BCUT2D eigenvalue weighted by atomic mass is 9.88. The van der Waals surface area contributed by atoms with Crippen LogP contribution >= 0.6 is 11.3 Å². The third-order valence-electron chi connectivity index (χ3n) is 5.93. The molecule has 5 rings (SSSR count).